The van der Waals surface area contributed by atoms with Crippen molar-refractivity contribution in [2.45, 2.75) is 18.4 Å². The number of nitrogens with zero attached hydrogens (tertiary/aromatic N) is 2. The van der Waals surface area contributed by atoms with Gasteiger partial charge in [-0.2, -0.15) is 4.31 Å². The van der Waals surface area contributed by atoms with Gasteiger partial charge in [-0.25, -0.2) is 8.42 Å². The number of aromatic nitrogens is 1. The Morgan fingerprint density at radius 3 is 2.52 bits per heavy atom. The topological polar surface area (TPSA) is 62.3 Å². The number of sulfonamides is 1. The van der Waals surface area contributed by atoms with Crippen LogP contribution in [0.1, 0.15) is 11.4 Å². The second-order valence-electron chi connectivity index (χ2n) is 4.78. The molecule has 0 spiro atoms. The molecule has 0 saturated carbocycles. The number of anilines is 1. The third-order valence-electron chi connectivity index (χ3n) is 3.18. The van der Waals surface area contributed by atoms with Crippen LogP contribution in [0.15, 0.2) is 47.4 Å². The molecule has 2 rings (SSSR count). The van der Waals surface area contributed by atoms with Gasteiger partial charge >= 0.3 is 0 Å². The second-order valence-corrected chi connectivity index (χ2v) is 6.79. The van der Waals surface area contributed by atoms with Crippen LogP contribution in [-0.4, -0.2) is 31.8 Å². The van der Waals surface area contributed by atoms with Crippen molar-refractivity contribution < 1.29 is 8.42 Å². The standard InChI is InChI=1S/C15H19N3O2S/c1-12-7-6-8-13(17-12)11-18(3)21(19,20)15-10-5-4-9-14(15)16-2/h4-10,16H,11H2,1-3H3. The van der Waals surface area contributed by atoms with Gasteiger partial charge in [0.1, 0.15) is 4.90 Å². The first-order valence-corrected chi connectivity index (χ1v) is 8.05. The number of para-hydroxylation sites is 1. The average molecular weight is 305 g/mol. The molecule has 21 heavy (non-hydrogen) atoms. The molecule has 0 fully saturated rings. The molecule has 1 heterocycles. The van der Waals surface area contributed by atoms with E-state index in [0.717, 1.165) is 11.4 Å². The molecule has 1 aromatic carbocycles. The Morgan fingerprint density at radius 2 is 1.86 bits per heavy atom. The van der Waals surface area contributed by atoms with Gasteiger partial charge in [0.05, 0.1) is 17.9 Å². The van der Waals surface area contributed by atoms with E-state index in [4.69, 9.17) is 0 Å². The quantitative estimate of drug-likeness (QED) is 0.920. The Labute approximate surface area is 125 Å². The fourth-order valence-corrected chi connectivity index (χ4v) is 3.40. The molecule has 6 heteroatoms. The minimum atomic E-state index is -3.56. The highest BCUT2D eigenvalue weighted by atomic mass is 32.2. The van der Waals surface area contributed by atoms with Crippen molar-refractivity contribution in [2.24, 2.45) is 0 Å². The van der Waals surface area contributed by atoms with E-state index in [0.29, 0.717) is 5.69 Å². The zero-order valence-corrected chi connectivity index (χ0v) is 13.2. The number of rotatable bonds is 5. The van der Waals surface area contributed by atoms with Crippen LogP contribution in [0.3, 0.4) is 0 Å². The lowest BCUT2D eigenvalue weighted by atomic mass is 10.3. The van der Waals surface area contributed by atoms with Gasteiger partial charge in [-0.3, -0.25) is 4.98 Å². The monoisotopic (exact) mass is 305 g/mol. The van der Waals surface area contributed by atoms with E-state index in [9.17, 15) is 8.42 Å². The summed E-state index contributed by atoms with van der Waals surface area (Å²) in [4.78, 5) is 4.61. The van der Waals surface area contributed by atoms with E-state index >= 15 is 0 Å². The predicted molar refractivity (Wildman–Crippen MR) is 83.6 cm³/mol. The molecular formula is C15H19N3O2S. The molecule has 0 aliphatic heterocycles. The minimum absolute atomic E-state index is 0.238. The number of pyridine rings is 1. The number of benzene rings is 1. The minimum Gasteiger partial charge on any atom is -0.387 e. The maximum Gasteiger partial charge on any atom is 0.245 e. The van der Waals surface area contributed by atoms with Crippen LogP contribution >= 0.6 is 0 Å². The van der Waals surface area contributed by atoms with Gasteiger partial charge in [-0.1, -0.05) is 18.2 Å². The number of aryl methyl sites for hydroxylation is 1. The highest BCUT2D eigenvalue weighted by molar-refractivity contribution is 7.89. The van der Waals surface area contributed by atoms with E-state index in [1.165, 1.54) is 4.31 Å². The van der Waals surface area contributed by atoms with Crippen LogP contribution in [0.2, 0.25) is 0 Å². The molecule has 0 bridgehead atoms. The van der Waals surface area contributed by atoms with Gasteiger partial charge in [-0.15, -0.1) is 0 Å². The summed E-state index contributed by atoms with van der Waals surface area (Å²) in [6.07, 6.45) is 0. The van der Waals surface area contributed by atoms with Crippen molar-refractivity contribution in [1.82, 2.24) is 9.29 Å². The van der Waals surface area contributed by atoms with Crippen LogP contribution in [0, 0.1) is 6.92 Å². The summed E-state index contributed by atoms with van der Waals surface area (Å²) in [5.74, 6) is 0. The van der Waals surface area contributed by atoms with Crippen LogP contribution in [0.25, 0.3) is 0 Å². The Bertz CT molecular complexity index is 729. The summed E-state index contributed by atoms with van der Waals surface area (Å²) in [7, 11) is -0.296. The lowest BCUT2D eigenvalue weighted by Gasteiger charge is -2.19. The van der Waals surface area contributed by atoms with Gasteiger partial charge in [0.25, 0.3) is 0 Å². The van der Waals surface area contributed by atoms with E-state index in [1.807, 2.05) is 25.1 Å². The number of nitrogens with one attached hydrogen (secondary N) is 1. The average Bonchev–Trinajstić information content (AvgIpc) is 2.47. The molecule has 1 N–H and O–H groups in total. The molecule has 5 nitrogen and oxygen atoms in total. The third-order valence-corrected chi connectivity index (χ3v) is 5.04. The number of hydrogen-bond acceptors (Lipinski definition) is 4. The molecule has 0 aliphatic carbocycles. The van der Waals surface area contributed by atoms with Crippen molar-refractivity contribution in [3.8, 4) is 0 Å². The summed E-state index contributed by atoms with van der Waals surface area (Å²) in [6, 6.07) is 12.4. The Morgan fingerprint density at radius 1 is 1.14 bits per heavy atom. The molecule has 0 radical (unpaired) electrons. The summed E-state index contributed by atoms with van der Waals surface area (Å²) >= 11 is 0. The van der Waals surface area contributed by atoms with Crippen LogP contribution in [0.4, 0.5) is 5.69 Å². The van der Waals surface area contributed by atoms with Gasteiger partial charge in [0.2, 0.25) is 10.0 Å². The fraction of sp³-hybridized carbons (Fsp3) is 0.267. The molecule has 112 valence electrons. The van der Waals surface area contributed by atoms with Gasteiger partial charge in [0, 0.05) is 19.8 Å². The van der Waals surface area contributed by atoms with Crippen LogP contribution < -0.4 is 5.32 Å². The highest BCUT2D eigenvalue weighted by Gasteiger charge is 2.23. The summed E-state index contributed by atoms with van der Waals surface area (Å²) < 4.78 is 26.6. The largest absolute Gasteiger partial charge is 0.387 e. The molecular weight excluding hydrogens is 286 g/mol. The van der Waals surface area contributed by atoms with Crippen molar-refractivity contribution in [3.05, 3.63) is 53.9 Å². The highest BCUT2D eigenvalue weighted by Crippen LogP contribution is 2.24. The SMILES string of the molecule is CNc1ccccc1S(=O)(=O)N(C)Cc1cccc(C)n1. The molecule has 1 aromatic heterocycles. The van der Waals surface area contributed by atoms with Gasteiger partial charge in [-0.05, 0) is 31.2 Å². The Hall–Kier alpha value is -1.92. The maximum atomic E-state index is 12.7. The summed E-state index contributed by atoms with van der Waals surface area (Å²) in [5, 5.41) is 2.91. The van der Waals surface area contributed by atoms with Crippen LogP contribution in [-0.2, 0) is 16.6 Å². The number of hydrogen-bond donors (Lipinski definition) is 1. The summed E-state index contributed by atoms with van der Waals surface area (Å²) in [5.41, 5.74) is 2.18. The first-order chi connectivity index (χ1) is 9.95. The molecule has 2 aromatic rings. The molecule has 0 saturated heterocycles. The van der Waals surface area contributed by atoms with E-state index in [-0.39, 0.29) is 11.4 Å². The summed E-state index contributed by atoms with van der Waals surface area (Å²) in [6.45, 7) is 2.12. The normalized spacial score (nSPS) is 11.6. The smallest absolute Gasteiger partial charge is 0.245 e. The van der Waals surface area contributed by atoms with Gasteiger partial charge < -0.3 is 5.32 Å². The lowest BCUT2D eigenvalue weighted by Crippen LogP contribution is -2.27. The van der Waals surface area contributed by atoms with E-state index < -0.39 is 10.0 Å². The zero-order valence-electron chi connectivity index (χ0n) is 12.4. The van der Waals surface area contributed by atoms with Crippen molar-refractivity contribution >= 4 is 15.7 Å². The molecule has 0 aliphatic rings. The van der Waals surface area contributed by atoms with Crippen molar-refractivity contribution in [2.75, 3.05) is 19.4 Å². The predicted octanol–water partition coefficient (Wildman–Crippen LogP) is 2.25. The van der Waals surface area contributed by atoms with Crippen molar-refractivity contribution in [1.29, 1.82) is 0 Å². The fourth-order valence-electron chi connectivity index (χ4n) is 2.07. The van der Waals surface area contributed by atoms with Crippen LogP contribution in [0.5, 0.6) is 0 Å². The van der Waals surface area contributed by atoms with Gasteiger partial charge in [0.15, 0.2) is 0 Å². The van der Waals surface area contributed by atoms with Crippen molar-refractivity contribution in [3.63, 3.8) is 0 Å². The first kappa shape index (κ1) is 15.5. The second kappa shape index (κ2) is 6.24. The van der Waals surface area contributed by atoms with E-state index in [2.05, 4.69) is 10.3 Å². The Kier molecular flexibility index (Phi) is 4.59. The molecule has 0 atom stereocenters. The maximum absolute atomic E-state index is 12.7. The Balaban J connectivity index is 2.31. The zero-order chi connectivity index (χ0) is 15.5. The molecule has 0 unspecified atom stereocenters. The lowest BCUT2D eigenvalue weighted by molar-refractivity contribution is 0.462. The molecule has 0 amide bonds. The van der Waals surface area contributed by atoms with E-state index in [1.54, 1.807) is 38.4 Å². The first-order valence-electron chi connectivity index (χ1n) is 6.61. The third kappa shape index (κ3) is 3.40.